The van der Waals surface area contributed by atoms with Crippen LogP contribution in [-0.2, 0) is 0 Å². The summed E-state index contributed by atoms with van der Waals surface area (Å²) in [6.07, 6.45) is 1.05. The molecule has 5 heteroatoms. The summed E-state index contributed by atoms with van der Waals surface area (Å²) >= 11 is 0. The van der Waals surface area contributed by atoms with Crippen molar-refractivity contribution in [1.82, 2.24) is 5.32 Å². The third-order valence-corrected chi connectivity index (χ3v) is 4.32. The van der Waals surface area contributed by atoms with E-state index in [9.17, 15) is 20.1 Å². The van der Waals surface area contributed by atoms with Crippen LogP contribution in [0.15, 0.2) is 18.2 Å². The Morgan fingerprint density at radius 1 is 1.23 bits per heavy atom. The van der Waals surface area contributed by atoms with Gasteiger partial charge in [0.15, 0.2) is 0 Å². The Morgan fingerprint density at radius 2 is 1.91 bits per heavy atom. The van der Waals surface area contributed by atoms with Gasteiger partial charge in [0.25, 0.3) is 5.91 Å². The number of phenols is 1. The van der Waals surface area contributed by atoms with Crippen molar-refractivity contribution in [3.8, 4) is 5.75 Å². The summed E-state index contributed by atoms with van der Waals surface area (Å²) in [5.41, 5.74) is 1.17. The summed E-state index contributed by atoms with van der Waals surface area (Å²) in [6, 6.07) is 4.49. The summed E-state index contributed by atoms with van der Waals surface area (Å²) in [4.78, 5) is 12.4. The Hall–Kier alpha value is -1.59. The van der Waals surface area contributed by atoms with Gasteiger partial charge in [0.2, 0.25) is 0 Å². The molecule has 0 saturated heterocycles. The lowest BCUT2D eigenvalue weighted by Crippen LogP contribution is -2.47. The van der Waals surface area contributed by atoms with Crippen LogP contribution in [-0.4, -0.2) is 39.5 Å². The Labute approximate surface area is 131 Å². The van der Waals surface area contributed by atoms with Crippen molar-refractivity contribution in [1.29, 1.82) is 0 Å². The van der Waals surface area contributed by atoms with Gasteiger partial charge in [-0.2, -0.15) is 0 Å². The number of rotatable bonds is 3. The Kier molecular flexibility index (Phi) is 5.42. The Balaban J connectivity index is 2.16. The van der Waals surface area contributed by atoms with Gasteiger partial charge >= 0.3 is 0 Å². The molecule has 1 aromatic carbocycles. The van der Waals surface area contributed by atoms with Gasteiger partial charge < -0.3 is 20.6 Å². The van der Waals surface area contributed by atoms with Gasteiger partial charge in [-0.1, -0.05) is 32.8 Å². The zero-order chi connectivity index (χ0) is 16.3. The van der Waals surface area contributed by atoms with Gasteiger partial charge in [-0.25, -0.2) is 0 Å². The van der Waals surface area contributed by atoms with E-state index >= 15 is 0 Å². The average molecular weight is 307 g/mol. The molecule has 0 unspecified atom stereocenters. The van der Waals surface area contributed by atoms with Crippen molar-refractivity contribution < 1.29 is 20.1 Å². The van der Waals surface area contributed by atoms with Crippen LogP contribution >= 0.6 is 0 Å². The van der Waals surface area contributed by atoms with Crippen molar-refractivity contribution in [2.75, 3.05) is 0 Å². The van der Waals surface area contributed by atoms with Crippen LogP contribution in [0.4, 0.5) is 0 Å². The third-order valence-electron chi connectivity index (χ3n) is 4.32. The lowest BCUT2D eigenvalue weighted by atomic mass is 9.99. The van der Waals surface area contributed by atoms with Crippen LogP contribution in [0.5, 0.6) is 5.75 Å². The predicted octanol–water partition coefficient (Wildman–Crippen LogP) is 1.91. The first-order chi connectivity index (χ1) is 10.4. The number of benzene rings is 1. The van der Waals surface area contributed by atoms with Crippen molar-refractivity contribution in [3.05, 3.63) is 29.3 Å². The van der Waals surface area contributed by atoms with E-state index in [-0.39, 0.29) is 17.2 Å². The molecule has 4 N–H and O–H groups in total. The number of amides is 1. The van der Waals surface area contributed by atoms with Crippen molar-refractivity contribution in [2.45, 2.75) is 63.7 Å². The molecule has 0 radical (unpaired) electrons. The highest BCUT2D eigenvalue weighted by atomic mass is 16.3. The first kappa shape index (κ1) is 16.8. The maximum absolute atomic E-state index is 12.4. The molecule has 1 saturated carbocycles. The normalized spacial score (nSPS) is 25.8. The second-order valence-corrected chi connectivity index (χ2v) is 6.35. The molecule has 1 fully saturated rings. The lowest BCUT2D eigenvalue weighted by Gasteiger charge is -2.25. The van der Waals surface area contributed by atoms with E-state index in [1.54, 1.807) is 12.1 Å². The summed E-state index contributed by atoms with van der Waals surface area (Å²) in [5, 5.41) is 32.6. The number of hydrogen-bond acceptors (Lipinski definition) is 4. The third kappa shape index (κ3) is 3.78. The molecule has 2 rings (SSSR count). The molecule has 5 nitrogen and oxygen atoms in total. The lowest BCUT2D eigenvalue weighted by molar-refractivity contribution is -0.00126. The Morgan fingerprint density at radius 3 is 2.59 bits per heavy atom. The second-order valence-electron chi connectivity index (χ2n) is 6.35. The molecule has 22 heavy (non-hydrogen) atoms. The molecule has 0 spiro atoms. The van der Waals surface area contributed by atoms with Gasteiger partial charge in [0, 0.05) is 0 Å². The van der Waals surface area contributed by atoms with Crippen LogP contribution < -0.4 is 5.32 Å². The quantitative estimate of drug-likeness (QED) is 0.642. The smallest absolute Gasteiger partial charge is 0.255 e. The van der Waals surface area contributed by atoms with E-state index in [4.69, 9.17) is 0 Å². The number of nitrogens with one attached hydrogen (secondary N) is 1. The number of carbonyl (C=O) groups excluding carboxylic acids is 1. The first-order valence-electron chi connectivity index (χ1n) is 7.90. The van der Waals surface area contributed by atoms with E-state index < -0.39 is 24.2 Å². The van der Waals surface area contributed by atoms with Crippen molar-refractivity contribution in [3.63, 3.8) is 0 Å². The maximum Gasteiger partial charge on any atom is 0.255 e. The van der Waals surface area contributed by atoms with Crippen LogP contribution in [0, 0.1) is 0 Å². The molecule has 1 aliphatic carbocycles. The average Bonchev–Trinajstić information content (AvgIpc) is 2.63. The zero-order valence-electron chi connectivity index (χ0n) is 13.1. The van der Waals surface area contributed by atoms with Gasteiger partial charge in [-0.05, 0) is 36.5 Å². The molecule has 1 aromatic rings. The summed E-state index contributed by atoms with van der Waals surface area (Å²) < 4.78 is 0. The van der Waals surface area contributed by atoms with Gasteiger partial charge in [0.05, 0.1) is 23.8 Å². The SMILES string of the molecule is CC(C)c1ccc(O)c(C(=O)N[C@@H]2CCCC[C@@H](O)[C@@H]2O)c1. The number of carbonyl (C=O) groups is 1. The van der Waals surface area contributed by atoms with Gasteiger partial charge in [-0.3, -0.25) is 4.79 Å². The zero-order valence-corrected chi connectivity index (χ0v) is 13.1. The minimum atomic E-state index is -0.970. The fourth-order valence-corrected chi connectivity index (χ4v) is 2.83. The van der Waals surface area contributed by atoms with Crippen LogP contribution in [0.2, 0.25) is 0 Å². The van der Waals surface area contributed by atoms with E-state index in [1.807, 2.05) is 13.8 Å². The number of hydrogen-bond donors (Lipinski definition) is 4. The molecule has 122 valence electrons. The molecule has 0 aliphatic heterocycles. The largest absolute Gasteiger partial charge is 0.507 e. The molecule has 3 atom stereocenters. The number of aliphatic hydroxyl groups excluding tert-OH is 2. The molecule has 0 heterocycles. The predicted molar refractivity (Wildman–Crippen MR) is 83.9 cm³/mol. The van der Waals surface area contributed by atoms with Crippen LogP contribution in [0.1, 0.15) is 61.4 Å². The highest BCUT2D eigenvalue weighted by molar-refractivity contribution is 5.97. The number of aromatic hydroxyl groups is 1. The standard InChI is InChI=1S/C17H25NO4/c1-10(2)11-7-8-14(19)12(9-11)17(22)18-13-5-3-4-6-15(20)16(13)21/h7-10,13,15-16,19-21H,3-6H2,1-2H3,(H,18,22)/t13-,15-,16-/m1/s1. The van der Waals surface area contributed by atoms with E-state index in [1.165, 1.54) is 6.07 Å². The minimum absolute atomic E-state index is 0.0782. The van der Waals surface area contributed by atoms with E-state index in [0.717, 1.165) is 18.4 Å². The highest BCUT2D eigenvalue weighted by Crippen LogP contribution is 2.24. The fourth-order valence-electron chi connectivity index (χ4n) is 2.83. The van der Waals surface area contributed by atoms with E-state index in [2.05, 4.69) is 5.32 Å². The number of aliphatic hydroxyl groups is 2. The fraction of sp³-hybridized carbons (Fsp3) is 0.588. The van der Waals surface area contributed by atoms with Gasteiger partial charge in [0.1, 0.15) is 5.75 Å². The first-order valence-corrected chi connectivity index (χ1v) is 7.90. The molecule has 1 amide bonds. The highest BCUT2D eigenvalue weighted by Gasteiger charge is 2.30. The molecule has 0 aromatic heterocycles. The monoisotopic (exact) mass is 307 g/mol. The molecular formula is C17H25NO4. The summed E-state index contributed by atoms with van der Waals surface area (Å²) in [6.45, 7) is 4.03. The van der Waals surface area contributed by atoms with Crippen molar-refractivity contribution in [2.24, 2.45) is 0 Å². The van der Waals surface area contributed by atoms with Crippen LogP contribution in [0.25, 0.3) is 0 Å². The number of phenolic OH excluding ortho intramolecular Hbond substituents is 1. The maximum atomic E-state index is 12.4. The van der Waals surface area contributed by atoms with E-state index in [0.29, 0.717) is 12.8 Å². The minimum Gasteiger partial charge on any atom is -0.507 e. The Bertz CT molecular complexity index is 529. The second kappa shape index (κ2) is 7.11. The molecule has 0 bridgehead atoms. The summed E-state index contributed by atoms with van der Waals surface area (Å²) in [5.74, 6) is -0.249. The molecule has 1 aliphatic rings. The summed E-state index contributed by atoms with van der Waals surface area (Å²) in [7, 11) is 0. The van der Waals surface area contributed by atoms with Crippen molar-refractivity contribution >= 4 is 5.91 Å². The van der Waals surface area contributed by atoms with Crippen LogP contribution in [0.3, 0.4) is 0 Å². The topological polar surface area (TPSA) is 89.8 Å². The molecular weight excluding hydrogens is 282 g/mol. The van der Waals surface area contributed by atoms with Gasteiger partial charge in [-0.15, -0.1) is 0 Å².